The van der Waals surface area contributed by atoms with Gasteiger partial charge in [0.25, 0.3) is 5.91 Å². The summed E-state index contributed by atoms with van der Waals surface area (Å²) >= 11 is 1.42. The first kappa shape index (κ1) is 16.2. The van der Waals surface area contributed by atoms with Crippen molar-refractivity contribution in [2.24, 2.45) is 12.0 Å². The molecule has 6 nitrogen and oxygen atoms in total. The molecule has 24 heavy (non-hydrogen) atoms. The van der Waals surface area contributed by atoms with Crippen molar-refractivity contribution < 1.29 is 14.1 Å². The molecule has 0 bridgehead atoms. The second kappa shape index (κ2) is 6.84. The lowest BCUT2D eigenvalue weighted by molar-refractivity contribution is 0.0998. The fourth-order valence-corrected chi connectivity index (χ4v) is 2.87. The zero-order valence-electron chi connectivity index (χ0n) is 13.6. The van der Waals surface area contributed by atoms with Crippen LogP contribution in [0.25, 0.3) is 0 Å². The minimum atomic E-state index is -0.273. The summed E-state index contributed by atoms with van der Waals surface area (Å²) in [5.41, 5.74) is 2.28. The summed E-state index contributed by atoms with van der Waals surface area (Å²) in [6.07, 6.45) is 1.86. The molecule has 3 aromatic rings. The highest BCUT2D eigenvalue weighted by molar-refractivity contribution is 7.07. The number of hydrogen-bond acceptors (Lipinski definition) is 5. The van der Waals surface area contributed by atoms with E-state index in [2.05, 4.69) is 10.1 Å². The molecule has 3 rings (SSSR count). The van der Waals surface area contributed by atoms with Crippen LogP contribution in [0, 0.1) is 13.8 Å². The third-order valence-electron chi connectivity index (χ3n) is 3.62. The molecule has 1 aromatic carbocycles. The standard InChI is InChI=1S/C17H17N3O3S/c1-11-15(12(2)23-19-11)10-22-14-6-4-13(5-7-14)16(21)18-17-20(3)8-9-24-17/h4-9H,10H2,1-3H3. The van der Waals surface area contributed by atoms with E-state index in [-0.39, 0.29) is 5.91 Å². The summed E-state index contributed by atoms with van der Waals surface area (Å²) < 4.78 is 12.6. The van der Waals surface area contributed by atoms with E-state index in [1.165, 1.54) is 11.3 Å². The van der Waals surface area contributed by atoms with Crippen LogP contribution in [0.2, 0.25) is 0 Å². The average Bonchev–Trinajstić information content (AvgIpc) is 3.12. The molecular weight excluding hydrogens is 326 g/mol. The van der Waals surface area contributed by atoms with Crippen LogP contribution in [0.1, 0.15) is 27.4 Å². The summed E-state index contributed by atoms with van der Waals surface area (Å²) in [7, 11) is 1.86. The smallest absolute Gasteiger partial charge is 0.279 e. The number of amides is 1. The number of rotatable bonds is 4. The molecule has 0 saturated heterocycles. The van der Waals surface area contributed by atoms with E-state index in [4.69, 9.17) is 9.26 Å². The molecule has 0 aliphatic rings. The maximum absolute atomic E-state index is 12.2. The summed E-state index contributed by atoms with van der Waals surface area (Å²) in [4.78, 5) is 16.9. The van der Waals surface area contributed by atoms with E-state index >= 15 is 0 Å². The van der Waals surface area contributed by atoms with E-state index in [1.54, 1.807) is 24.3 Å². The maximum Gasteiger partial charge on any atom is 0.279 e. The first-order chi connectivity index (χ1) is 11.5. The van der Waals surface area contributed by atoms with Crippen LogP contribution in [-0.4, -0.2) is 15.6 Å². The second-order valence-electron chi connectivity index (χ2n) is 5.33. The molecule has 0 aliphatic heterocycles. The average molecular weight is 343 g/mol. The minimum Gasteiger partial charge on any atom is -0.489 e. The van der Waals surface area contributed by atoms with Gasteiger partial charge < -0.3 is 13.8 Å². The molecule has 2 heterocycles. The van der Waals surface area contributed by atoms with Crippen molar-refractivity contribution in [2.45, 2.75) is 20.5 Å². The maximum atomic E-state index is 12.2. The van der Waals surface area contributed by atoms with E-state index in [0.717, 1.165) is 17.0 Å². The Morgan fingerprint density at radius 2 is 2.08 bits per heavy atom. The Kier molecular flexibility index (Phi) is 4.61. The highest BCUT2D eigenvalue weighted by Gasteiger charge is 2.10. The van der Waals surface area contributed by atoms with E-state index in [9.17, 15) is 4.79 Å². The number of nitrogens with zero attached hydrogens (tertiary/aromatic N) is 3. The van der Waals surface area contributed by atoms with Gasteiger partial charge in [-0.1, -0.05) is 5.16 Å². The van der Waals surface area contributed by atoms with E-state index in [1.807, 2.05) is 37.0 Å². The Morgan fingerprint density at radius 1 is 1.33 bits per heavy atom. The largest absolute Gasteiger partial charge is 0.489 e. The Hall–Kier alpha value is -2.67. The number of aromatic nitrogens is 2. The molecule has 0 atom stereocenters. The first-order valence-electron chi connectivity index (χ1n) is 7.38. The monoisotopic (exact) mass is 343 g/mol. The lowest BCUT2D eigenvalue weighted by atomic mass is 10.2. The summed E-state index contributed by atoms with van der Waals surface area (Å²) in [5.74, 6) is 1.15. The first-order valence-corrected chi connectivity index (χ1v) is 8.26. The van der Waals surface area contributed by atoms with Gasteiger partial charge in [0.15, 0.2) is 4.80 Å². The molecule has 0 N–H and O–H groups in total. The molecule has 2 aromatic heterocycles. The third kappa shape index (κ3) is 3.46. The molecular formula is C17H17N3O3S. The van der Waals surface area contributed by atoms with Crippen molar-refractivity contribution in [3.05, 3.63) is 63.2 Å². The van der Waals surface area contributed by atoms with Crippen LogP contribution in [0.5, 0.6) is 5.75 Å². The van der Waals surface area contributed by atoms with Gasteiger partial charge >= 0.3 is 0 Å². The van der Waals surface area contributed by atoms with Crippen LogP contribution >= 0.6 is 11.3 Å². The van der Waals surface area contributed by atoms with Crippen molar-refractivity contribution in [3.8, 4) is 5.75 Å². The van der Waals surface area contributed by atoms with Crippen LogP contribution in [0.4, 0.5) is 0 Å². The highest BCUT2D eigenvalue weighted by Crippen LogP contribution is 2.18. The van der Waals surface area contributed by atoms with Gasteiger partial charge in [-0.15, -0.1) is 11.3 Å². The second-order valence-corrected chi connectivity index (χ2v) is 6.20. The number of ether oxygens (including phenoxy) is 1. The summed E-state index contributed by atoms with van der Waals surface area (Å²) in [6, 6.07) is 6.94. The predicted octanol–water partition coefficient (Wildman–Crippen LogP) is 3.01. The quantitative estimate of drug-likeness (QED) is 0.730. The molecule has 124 valence electrons. The molecule has 0 fully saturated rings. The number of hydrogen-bond donors (Lipinski definition) is 0. The van der Waals surface area contributed by atoms with Crippen molar-refractivity contribution in [3.63, 3.8) is 0 Å². The van der Waals surface area contributed by atoms with Gasteiger partial charge in [0.2, 0.25) is 0 Å². The van der Waals surface area contributed by atoms with Gasteiger partial charge in [-0.05, 0) is 38.1 Å². The molecule has 0 unspecified atom stereocenters. The zero-order chi connectivity index (χ0) is 17.1. The van der Waals surface area contributed by atoms with E-state index < -0.39 is 0 Å². The number of carbonyl (C=O) groups is 1. The van der Waals surface area contributed by atoms with Gasteiger partial charge in [0.05, 0.1) is 11.3 Å². The lowest BCUT2D eigenvalue weighted by Crippen LogP contribution is -2.12. The van der Waals surface area contributed by atoms with Gasteiger partial charge in [0, 0.05) is 24.2 Å². The molecule has 1 amide bonds. The van der Waals surface area contributed by atoms with Crippen molar-refractivity contribution in [2.75, 3.05) is 0 Å². The highest BCUT2D eigenvalue weighted by atomic mass is 32.1. The van der Waals surface area contributed by atoms with Crippen LogP contribution in [0.15, 0.2) is 45.4 Å². The summed E-state index contributed by atoms with van der Waals surface area (Å²) in [5, 5.41) is 5.78. The lowest BCUT2D eigenvalue weighted by Gasteiger charge is -2.06. The molecule has 7 heteroatoms. The third-order valence-corrected chi connectivity index (χ3v) is 4.47. The van der Waals surface area contributed by atoms with Crippen LogP contribution < -0.4 is 9.54 Å². The zero-order valence-corrected chi connectivity index (χ0v) is 14.5. The predicted molar refractivity (Wildman–Crippen MR) is 89.9 cm³/mol. The summed E-state index contributed by atoms with van der Waals surface area (Å²) in [6.45, 7) is 4.11. The fraction of sp³-hybridized carbons (Fsp3) is 0.235. The van der Waals surface area contributed by atoms with Gasteiger partial charge in [0.1, 0.15) is 18.1 Å². The molecule has 0 saturated carbocycles. The molecule has 0 radical (unpaired) electrons. The van der Waals surface area contributed by atoms with Gasteiger partial charge in [-0.3, -0.25) is 4.79 Å². The Balaban J connectivity index is 1.69. The Labute approximate surface area is 143 Å². The van der Waals surface area contributed by atoms with Crippen molar-refractivity contribution in [1.29, 1.82) is 0 Å². The van der Waals surface area contributed by atoms with Crippen molar-refractivity contribution >= 4 is 17.2 Å². The number of aryl methyl sites for hydroxylation is 3. The minimum absolute atomic E-state index is 0.273. The fourth-order valence-electron chi connectivity index (χ4n) is 2.14. The number of thiazole rings is 1. The molecule has 0 spiro atoms. The van der Waals surface area contributed by atoms with Gasteiger partial charge in [-0.2, -0.15) is 4.99 Å². The number of benzene rings is 1. The topological polar surface area (TPSA) is 69.6 Å². The van der Waals surface area contributed by atoms with Crippen molar-refractivity contribution in [1.82, 2.24) is 9.72 Å². The Bertz CT molecular complexity index is 900. The van der Waals surface area contributed by atoms with Crippen LogP contribution in [-0.2, 0) is 13.7 Å². The molecule has 0 aliphatic carbocycles. The van der Waals surface area contributed by atoms with Gasteiger partial charge in [-0.25, -0.2) is 0 Å². The SMILES string of the molecule is Cc1noc(C)c1COc1ccc(C(=O)N=c2sccn2C)cc1. The van der Waals surface area contributed by atoms with E-state index in [0.29, 0.717) is 22.7 Å². The van der Waals surface area contributed by atoms with Crippen LogP contribution in [0.3, 0.4) is 0 Å². The normalized spacial score (nSPS) is 11.7. The number of carbonyl (C=O) groups excluding carboxylic acids is 1. The Morgan fingerprint density at radius 3 is 2.67 bits per heavy atom.